The summed E-state index contributed by atoms with van der Waals surface area (Å²) in [5.41, 5.74) is 4.87. The zero-order valence-electron chi connectivity index (χ0n) is 18.2. The van der Waals surface area contributed by atoms with Crippen molar-refractivity contribution in [2.45, 2.75) is 19.9 Å². The number of furan rings is 1. The highest BCUT2D eigenvalue weighted by Crippen LogP contribution is 2.40. The minimum Gasteiger partial charge on any atom is -0.489 e. The van der Waals surface area contributed by atoms with Gasteiger partial charge in [0.15, 0.2) is 11.5 Å². The Balaban J connectivity index is 1.50. The minimum atomic E-state index is -0.0675. The summed E-state index contributed by atoms with van der Waals surface area (Å²) in [5.74, 6) is 1.77. The van der Waals surface area contributed by atoms with E-state index in [1.54, 1.807) is 11.0 Å². The first-order valence-corrected chi connectivity index (χ1v) is 11.1. The van der Waals surface area contributed by atoms with Crippen molar-refractivity contribution in [2.24, 2.45) is 5.92 Å². The number of nitrogens with zero attached hydrogens (tertiary/aromatic N) is 1. The van der Waals surface area contributed by atoms with Crippen LogP contribution in [0.15, 0.2) is 59.4 Å². The second-order valence-corrected chi connectivity index (χ2v) is 8.41. The van der Waals surface area contributed by atoms with Gasteiger partial charge in [0.05, 0.1) is 31.6 Å². The van der Waals surface area contributed by atoms with Crippen LogP contribution in [0.2, 0.25) is 0 Å². The molecule has 2 aromatic carbocycles. The Bertz CT molecular complexity index is 1090. The second-order valence-electron chi connectivity index (χ2n) is 8.41. The molecule has 1 saturated heterocycles. The van der Waals surface area contributed by atoms with Crippen LogP contribution in [-0.4, -0.2) is 43.8 Å². The summed E-state index contributed by atoms with van der Waals surface area (Å²) in [5, 5.41) is 0. The second kappa shape index (κ2) is 9.09. The van der Waals surface area contributed by atoms with E-state index in [0.717, 1.165) is 47.8 Å². The zero-order valence-corrected chi connectivity index (χ0v) is 18.2. The molecule has 1 fully saturated rings. The van der Waals surface area contributed by atoms with Gasteiger partial charge in [-0.3, -0.25) is 4.79 Å². The molecule has 0 saturated carbocycles. The number of carbonyl (C=O) groups is 1. The van der Waals surface area contributed by atoms with Gasteiger partial charge in [-0.15, -0.1) is 0 Å². The largest absolute Gasteiger partial charge is 0.489 e. The molecule has 2 aliphatic heterocycles. The van der Waals surface area contributed by atoms with Crippen LogP contribution >= 0.6 is 0 Å². The third-order valence-corrected chi connectivity index (χ3v) is 6.11. The van der Waals surface area contributed by atoms with E-state index in [1.807, 2.05) is 12.1 Å². The monoisotopic (exact) mass is 433 g/mol. The van der Waals surface area contributed by atoms with E-state index < -0.39 is 0 Å². The summed E-state index contributed by atoms with van der Waals surface area (Å²) in [6, 6.07) is 14.1. The Morgan fingerprint density at radius 2 is 2.09 bits per heavy atom. The maximum absolute atomic E-state index is 13.0. The van der Waals surface area contributed by atoms with Gasteiger partial charge in [0.1, 0.15) is 12.9 Å². The average molecular weight is 434 g/mol. The normalized spacial score (nSPS) is 18.0. The Kier molecular flexibility index (Phi) is 5.86. The zero-order chi connectivity index (χ0) is 21.9. The summed E-state index contributed by atoms with van der Waals surface area (Å²) in [6.45, 7) is 5.55. The molecule has 0 unspecified atom stereocenters. The van der Waals surface area contributed by atoms with Crippen LogP contribution in [0.4, 0.5) is 0 Å². The smallest absolute Gasteiger partial charge is 0.257 e. The number of benzene rings is 2. The highest BCUT2D eigenvalue weighted by Gasteiger charge is 2.26. The molecule has 1 atom stereocenters. The van der Waals surface area contributed by atoms with Crippen molar-refractivity contribution in [2.75, 3.05) is 33.0 Å². The van der Waals surface area contributed by atoms with Gasteiger partial charge in [-0.2, -0.15) is 0 Å². The molecule has 0 spiro atoms. The number of ether oxygens (including phenoxy) is 3. The van der Waals surface area contributed by atoms with Crippen LogP contribution in [0.3, 0.4) is 0 Å². The van der Waals surface area contributed by atoms with Gasteiger partial charge in [0, 0.05) is 24.6 Å². The lowest BCUT2D eigenvalue weighted by Gasteiger charge is -2.20. The van der Waals surface area contributed by atoms with Crippen LogP contribution < -0.4 is 9.47 Å². The van der Waals surface area contributed by atoms with Crippen molar-refractivity contribution in [3.63, 3.8) is 0 Å². The van der Waals surface area contributed by atoms with Crippen molar-refractivity contribution < 1.29 is 23.4 Å². The molecule has 0 aliphatic carbocycles. The molecule has 32 heavy (non-hydrogen) atoms. The highest BCUT2D eigenvalue weighted by atomic mass is 16.5. The van der Waals surface area contributed by atoms with E-state index in [9.17, 15) is 4.79 Å². The quantitative estimate of drug-likeness (QED) is 0.583. The van der Waals surface area contributed by atoms with Crippen molar-refractivity contribution in [1.29, 1.82) is 0 Å². The van der Waals surface area contributed by atoms with Crippen molar-refractivity contribution in [1.82, 2.24) is 4.90 Å². The maximum atomic E-state index is 13.0. The number of amides is 1. The SMILES string of the molecule is Cc1ccccc1-c1cc2c(c(OC[C@@H]3CCOC3)c1)OCCN(C(=O)c1ccoc1)C2. The minimum absolute atomic E-state index is 0.0675. The predicted molar refractivity (Wildman–Crippen MR) is 120 cm³/mol. The molecule has 6 heteroatoms. The standard InChI is InChI=1S/C26H27NO5/c1-18-4-2-3-5-23(18)21-12-22-14-27(26(28)20-7-10-30-17-20)8-11-31-25(22)24(13-21)32-16-19-6-9-29-15-19/h2-5,7,10,12-13,17,19H,6,8-9,11,14-16H2,1H3/t19-/m1/s1. The number of aryl methyl sites for hydroxylation is 1. The summed E-state index contributed by atoms with van der Waals surface area (Å²) in [7, 11) is 0. The van der Waals surface area contributed by atoms with Gasteiger partial charge < -0.3 is 23.5 Å². The van der Waals surface area contributed by atoms with Gasteiger partial charge in [0.2, 0.25) is 0 Å². The first kappa shape index (κ1) is 20.6. The molecule has 0 N–H and O–H groups in total. The lowest BCUT2D eigenvalue weighted by molar-refractivity contribution is 0.0732. The Labute approximate surface area is 187 Å². The lowest BCUT2D eigenvalue weighted by atomic mass is 9.97. The molecule has 5 rings (SSSR count). The van der Waals surface area contributed by atoms with Gasteiger partial charge in [0.25, 0.3) is 5.91 Å². The van der Waals surface area contributed by atoms with E-state index in [1.165, 1.54) is 18.1 Å². The van der Waals surface area contributed by atoms with Crippen LogP contribution in [0.5, 0.6) is 11.5 Å². The molecule has 0 radical (unpaired) electrons. The van der Waals surface area contributed by atoms with Gasteiger partial charge >= 0.3 is 0 Å². The fourth-order valence-electron chi connectivity index (χ4n) is 4.31. The van der Waals surface area contributed by atoms with Crippen molar-refractivity contribution in [3.8, 4) is 22.6 Å². The molecule has 3 aromatic rings. The number of carbonyl (C=O) groups excluding carboxylic acids is 1. The van der Waals surface area contributed by atoms with Crippen LogP contribution in [0.25, 0.3) is 11.1 Å². The van der Waals surface area contributed by atoms with E-state index >= 15 is 0 Å². The van der Waals surface area contributed by atoms with E-state index in [-0.39, 0.29) is 5.91 Å². The number of rotatable bonds is 5. The summed E-state index contributed by atoms with van der Waals surface area (Å²) in [4.78, 5) is 14.8. The Hall–Kier alpha value is -3.25. The first-order valence-electron chi connectivity index (χ1n) is 11.1. The molecule has 2 aliphatic rings. The van der Waals surface area contributed by atoms with Crippen LogP contribution in [0.1, 0.15) is 27.9 Å². The van der Waals surface area contributed by atoms with Crippen LogP contribution in [0, 0.1) is 12.8 Å². The summed E-state index contributed by atoms with van der Waals surface area (Å²) < 4.78 is 23.0. The van der Waals surface area contributed by atoms with Gasteiger partial charge in [-0.25, -0.2) is 0 Å². The van der Waals surface area contributed by atoms with E-state index in [2.05, 4.69) is 31.2 Å². The lowest BCUT2D eigenvalue weighted by Crippen LogP contribution is -2.32. The predicted octanol–water partition coefficient (Wildman–Crippen LogP) is 4.71. The maximum Gasteiger partial charge on any atom is 0.257 e. The topological polar surface area (TPSA) is 61.1 Å². The van der Waals surface area contributed by atoms with Gasteiger partial charge in [-0.05, 0) is 48.2 Å². The Morgan fingerprint density at radius 1 is 1.19 bits per heavy atom. The summed E-state index contributed by atoms with van der Waals surface area (Å²) in [6.07, 6.45) is 4.01. The molecule has 1 amide bonds. The molecular formula is C26H27NO5. The Morgan fingerprint density at radius 3 is 2.88 bits per heavy atom. The molecule has 166 valence electrons. The first-order chi connectivity index (χ1) is 15.7. The number of fused-ring (bicyclic) bond motifs is 1. The molecule has 0 bridgehead atoms. The summed E-state index contributed by atoms with van der Waals surface area (Å²) >= 11 is 0. The van der Waals surface area contributed by atoms with E-state index in [4.69, 9.17) is 18.6 Å². The van der Waals surface area contributed by atoms with Crippen molar-refractivity contribution >= 4 is 5.91 Å². The number of hydrogen-bond donors (Lipinski definition) is 0. The average Bonchev–Trinajstić information content (AvgIpc) is 3.48. The third-order valence-electron chi connectivity index (χ3n) is 6.11. The fraction of sp³-hybridized carbons (Fsp3) is 0.346. The third kappa shape index (κ3) is 4.23. The molecular weight excluding hydrogens is 406 g/mol. The molecule has 3 heterocycles. The van der Waals surface area contributed by atoms with E-state index in [0.29, 0.717) is 37.8 Å². The fourth-order valence-corrected chi connectivity index (χ4v) is 4.31. The van der Waals surface area contributed by atoms with Crippen molar-refractivity contribution in [3.05, 3.63) is 71.7 Å². The molecule has 6 nitrogen and oxygen atoms in total. The molecule has 1 aromatic heterocycles. The highest BCUT2D eigenvalue weighted by molar-refractivity contribution is 5.94. The van der Waals surface area contributed by atoms with Gasteiger partial charge in [-0.1, -0.05) is 24.3 Å². The number of hydrogen-bond acceptors (Lipinski definition) is 5. The van der Waals surface area contributed by atoms with Crippen LogP contribution in [-0.2, 0) is 11.3 Å².